The Morgan fingerprint density at radius 3 is 2.41 bits per heavy atom. The largest absolute Gasteiger partial charge is 0.360 e. The first-order valence-electron chi connectivity index (χ1n) is 8.85. The molecule has 0 aliphatic heterocycles. The summed E-state index contributed by atoms with van der Waals surface area (Å²) in [5.74, 6) is -0.269. The minimum atomic E-state index is -0.490. The van der Waals surface area contributed by atoms with Crippen molar-refractivity contribution in [2.45, 2.75) is 12.6 Å². The Morgan fingerprint density at radius 1 is 0.926 bits per heavy atom. The number of rotatable bonds is 6. The van der Waals surface area contributed by atoms with Gasteiger partial charge in [-0.15, -0.1) is 0 Å². The Balaban J connectivity index is 1.65. The lowest BCUT2D eigenvalue weighted by Gasteiger charge is -2.18. The maximum absolute atomic E-state index is 13.4. The van der Waals surface area contributed by atoms with Crippen molar-refractivity contribution in [2.24, 2.45) is 0 Å². The molecular formula is C23H19FN2O. The molecular weight excluding hydrogens is 339 g/mol. The molecule has 1 aromatic heterocycles. The van der Waals surface area contributed by atoms with Crippen LogP contribution in [0.1, 0.15) is 27.5 Å². The molecule has 0 unspecified atom stereocenters. The Morgan fingerprint density at radius 2 is 1.63 bits per heavy atom. The molecule has 0 aliphatic carbocycles. The number of hydrogen-bond acceptors (Lipinski definition) is 2. The predicted octanol–water partition coefficient (Wildman–Crippen LogP) is 5.02. The van der Waals surface area contributed by atoms with Crippen LogP contribution in [-0.4, -0.2) is 10.8 Å². The fraction of sp³-hybridized carbons (Fsp3) is 0.0870. The van der Waals surface area contributed by atoms with Crippen LogP contribution in [0.2, 0.25) is 0 Å². The van der Waals surface area contributed by atoms with Gasteiger partial charge in [-0.25, -0.2) is 4.39 Å². The van der Waals surface area contributed by atoms with Gasteiger partial charge in [-0.3, -0.25) is 10.1 Å². The summed E-state index contributed by atoms with van der Waals surface area (Å²) >= 11 is 0. The first-order chi connectivity index (χ1) is 13.2. The van der Waals surface area contributed by atoms with Crippen molar-refractivity contribution < 1.29 is 9.18 Å². The molecule has 0 saturated heterocycles. The van der Waals surface area contributed by atoms with E-state index < -0.39 is 6.04 Å². The molecule has 0 spiro atoms. The molecule has 2 N–H and O–H groups in total. The number of aromatic amines is 1. The molecule has 4 aromatic rings. The molecule has 4 heteroatoms. The molecule has 0 saturated carbocycles. The highest BCUT2D eigenvalue weighted by molar-refractivity contribution is 6.10. The summed E-state index contributed by atoms with van der Waals surface area (Å²) in [5.41, 5.74) is 3.41. The molecule has 0 bridgehead atoms. The van der Waals surface area contributed by atoms with Gasteiger partial charge in [0.1, 0.15) is 5.82 Å². The summed E-state index contributed by atoms with van der Waals surface area (Å²) in [5, 5.41) is 4.25. The SMILES string of the molecule is O=C(c1c[nH]c2ccccc12)[C@@H](NCc1ccc(F)cc1)c1ccccc1. The topological polar surface area (TPSA) is 44.9 Å². The number of ketones is 1. The summed E-state index contributed by atoms with van der Waals surface area (Å²) in [6.45, 7) is 0.466. The smallest absolute Gasteiger partial charge is 0.186 e. The number of fused-ring (bicyclic) bond motifs is 1. The van der Waals surface area contributed by atoms with E-state index in [1.54, 1.807) is 18.3 Å². The maximum Gasteiger partial charge on any atom is 0.186 e. The van der Waals surface area contributed by atoms with Crippen LogP contribution in [0.3, 0.4) is 0 Å². The number of halogens is 1. The number of carbonyl (C=O) groups excluding carboxylic acids is 1. The molecule has 4 rings (SSSR count). The van der Waals surface area contributed by atoms with E-state index in [4.69, 9.17) is 0 Å². The summed E-state index contributed by atoms with van der Waals surface area (Å²) in [7, 11) is 0. The first-order valence-corrected chi connectivity index (χ1v) is 8.85. The second kappa shape index (κ2) is 7.56. The number of carbonyl (C=O) groups is 1. The van der Waals surface area contributed by atoms with Gasteiger partial charge in [0.25, 0.3) is 0 Å². The third-order valence-corrected chi connectivity index (χ3v) is 4.67. The molecule has 3 nitrogen and oxygen atoms in total. The van der Waals surface area contributed by atoms with Crippen LogP contribution in [0, 0.1) is 5.82 Å². The maximum atomic E-state index is 13.4. The van der Waals surface area contributed by atoms with E-state index >= 15 is 0 Å². The van der Waals surface area contributed by atoms with Gasteiger partial charge in [0.15, 0.2) is 5.78 Å². The molecule has 0 aliphatic rings. The zero-order chi connectivity index (χ0) is 18.6. The second-order valence-corrected chi connectivity index (χ2v) is 6.46. The molecule has 0 radical (unpaired) electrons. The van der Waals surface area contributed by atoms with Crippen LogP contribution in [0.25, 0.3) is 10.9 Å². The zero-order valence-corrected chi connectivity index (χ0v) is 14.7. The number of Topliss-reactive ketones (excluding diaryl/α,β-unsaturated/α-hetero) is 1. The van der Waals surface area contributed by atoms with Crippen LogP contribution in [0.15, 0.2) is 85.1 Å². The van der Waals surface area contributed by atoms with Crippen LogP contribution in [0.5, 0.6) is 0 Å². The Hall–Kier alpha value is -3.24. The van der Waals surface area contributed by atoms with Gasteiger partial charge in [-0.05, 0) is 29.3 Å². The number of benzene rings is 3. The molecule has 3 aromatic carbocycles. The highest BCUT2D eigenvalue weighted by Crippen LogP contribution is 2.25. The normalized spacial score (nSPS) is 12.2. The number of hydrogen-bond donors (Lipinski definition) is 2. The minimum absolute atomic E-state index is 0.000705. The van der Waals surface area contributed by atoms with Crippen molar-refractivity contribution in [3.63, 3.8) is 0 Å². The van der Waals surface area contributed by atoms with Crippen molar-refractivity contribution in [2.75, 3.05) is 0 Å². The highest BCUT2D eigenvalue weighted by atomic mass is 19.1. The molecule has 27 heavy (non-hydrogen) atoms. The van der Waals surface area contributed by atoms with Crippen molar-refractivity contribution >= 4 is 16.7 Å². The van der Waals surface area contributed by atoms with Gasteiger partial charge in [0.2, 0.25) is 0 Å². The van der Waals surface area contributed by atoms with Crippen molar-refractivity contribution in [1.29, 1.82) is 0 Å². The number of nitrogens with one attached hydrogen (secondary N) is 2. The van der Waals surface area contributed by atoms with E-state index in [0.717, 1.165) is 22.0 Å². The second-order valence-electron chi connectivity index (χ2n) is 6.46. The fourth-order valence-electron chi connectivity index (χ4n) is 3.26. The van der Waals surface area contributed by atoms with Crippen LogP contribution < -0.4 is 5.32 Å². The number of para-hydroxylation sites is 1. The van der Waals surface area contributed by atoms with Gasteiger partial charge < -0.3 is 4.98 Å². The van der Waals surface area contributed by atoms with E-state index in [-0.39, 0.29) is 11.6 Å². The van der Waals surface area contributed by atoms with E-state index in [0.29, 0.717) is 12.1 Å². The van der Waals surface area contributed by atoms with Gasteiger partial charge in [0, 0.05) is 29.2 Å². The van der Waals surface area contributed by atoms with Crippen LogP contribution >= 0.6 is 0 Å². The molecule has 0 amide bonds. The average molecular weight is 358 g/mol. The van der Waals surface area contributed by atoms with Gasteiger partial charge in [-0.2, -0.15) is 0 Å². The minimum Gasteiger partial charge on any atom is -0.360 e. The lowest BCUT2D eigenvalue weighted by Crippen LogP contribution is -2.28. The predicted molar refractivity (Wildman–Crippen MR) is 105 cm³/mol. The van der Waals surface area contributed by atoms with Crippen molar-refractivity contribution in [3.05, 3.63) is 108 Å². The number of aromatic nitrogens is 1. The lowest BCUT2D eigenvalue weighted by molar-refractivity contribution is 0.0943. The highest BCUT2D eigenvalue weighted by Gasteiger charge is 2.23. The standard InChI is InChI=1S/C23H19FN2O/c24-18-12-10-16(11-13-18)14-26-22(17-6-2-1-3-7-17)23(27)20-15-25-21-9-5-4-8-19(20)21/h1-13,15,22,25-26H,14H2/t22-/m0/s1. The zero-order valence-electron chi connectivity index (χ0n) is 14.7. The van der Waals surface area contributed by atoms with Crippen LogP contribution in [-0.2, 0) is 6.54 Å². The monoisotopic (exact) mass is 358 g/mol. The third kappa shape index (κ3) is 3.66. The third-order valence-electron chi connectivity index (χ3n) is 4.67. The lowest BCUT2D eigenvalue weighted by atomic mass is 9.96. The molecule has 134 valence electrons. The summed E-state index contributed by atoms with van der Waals surface area (Å²) in [6.07, 6.45) is 1.77. The van der Waals surface area contributed by atoms with E-state index in [1.165, 1.54) is 12.1 Å². The Bertz CT molecular complexity index is 1050. The number of H-pyrrole nitrogens is 1. The Kier molecular flexibility index (Phi) is 4.81. The summed E-state index contributed by atoms with van der Waals surface area (Å²) in [4.78, 5) is 16.5. The Labute approximate surface area is 156 Å². The fourth-order valence-corrected chi connectivity index (χ4v) is 3.26. The van der Waals surface area contributed by atoms with Gasteiger partial charge in [-0.1, -0.05) is 60.7 Å². The van der Waals surface area contributed by atoms with Gasteiger partial charge >= 0.3 is 0 Å². The quantitative estimate of drug-likeness (QED) is 0.475. The van der Waals surface area contributed by atoms with E-state index in [1.807, 2.05) is 54.6 Å². The van der Waals surface area contributed by atoms with Crippen molar-refractivity contribution in [1.82, 2.24) is 10.3 Å². The average Bonchev–Trinajstić information content (AvgIpc) is 3.14. The first kappa shape index (κ1) is 17.2. The van der Waals surface area contributed by atoms with E-state index in [9.17, 15) is 9.18 Å². The summed E-state index contributed by atoms with van der Waals surface area (Å²) < 4.78 is 13.1. The van der Waals surface area contributed by atoms with Crippen molar-refractivity contribution in [3.8, 4) is 0 Å². The van der Waals surface area contributed by atoms with Crippen LogP contribution in [0.4, 0.5) is 4.39 Å². The van der Waals surface area contributed by atoms with Gasteiger partial charge in [0.05, 0.1) is 6.04 Å². The summed E-state index contributed by atoms with van der Waals surface area (Å²) in [6, 6.07) is 23.2. The molecule has 0 fully saturated rings. The molecule has 1 heterocycles. The molecule has 1 atom stereocenters. The van der Waals surface area contributed by atoms with E-state index in [2.05, 4.69) is 10.3 Å².